The van der Waals surface area contributed by atoms with Crippen molar-refractivity contribution in [3.05, 3.63) is 0 Å². The maximum Gasteiger partial charge on any atom is 0.0278 e. The molecule has 0 aliphatic carbocycles. The molecule has 2 unspecified atom stereocenters. The summed E-state index contributed by atoms with van der Waals surface area (Å²) < 4.78 is 0. The molecule has 2 atom stereocenters. The van der Waals surface area contributed by atoms with Crippen LogP contribution in [0.4, 0.5) is 0 Å². The molecule has 0 aromatic rings. The molecule has 0 aromatic heterocycles. The monoisotopic (exact) mass is 240 g/mol. The minimum Gasteiger partial charge on any atom is -0.311 e. The first kappa shape index (κ1) is 15.0. The maximum absolute atomic E-state index is 3.70. The molecule has 0 radical (unpaired) electrons. The molecule has 0 aromatic carbocycles. The van der Waals surface area contributed by atoms with Gasteiger partial charge in [-0.2, -0.15) is 0 Å². The highest BCUT2D eigenvalue weighted by molar-refractivity contribution is 4.93. The van der Waals surface area contributed by atoms with Crippen LogP contribution in [0, 0.1) is 5.92 Å². The van der Waals surface area contributed by atoms with Gasteiger partial charge in [0.05, 0.1) is 0 Å². The zero-order valence-electron chi connectivity index (χ0n) is 12.6. The SMILES string of the molecule is CCCC(C)CN1CC(CCC)NCC1(C)C. The molecule has 1 heterocycles. The summed E-state index contributed by atoms with van der Waals surface area (Å²) in [6.07, 6.45) is 5.27. The van der Waals surface area contributed by atoms with Crippen LogP contribution in [0.1, 0.15) is 60.3 Å². The van der Waals surface area contributed by atoms with Crippen molar-refractivity contribution in [2.45, 2.75) is 71.9 Å². The van der Waals surface area contributed by atoms with Crippen LogP contribution in [0.15, 0.2) is 0 Å². The summed E-state index contributed by atoms with van der Waals surface area (Å²) in [5.41, 5.74) is 0.326. The van der Waals surface area contributed by atoms with Gasteiger partial charge in [-0.1, -0.05) is 33.6 Å². The summed E-state index contributed by atoms with van der Waals surface area (Å²) >= 11 is 0. The van der Waals surface area contributed by atoms with Crippen molar-refractivity contribution in [3.8, 4) is 0 Å². The lowest BCUT2D eigenvalue weighted by atomic mass is 9.93. The van der Waals surface area contributed by atoms with Crippen molar-refractivity contribution >= 4 is 0 Å². The first-order valence-corrected chi connectivity index (χ1v) is 7.48. The second-order valence-corrected chi connectivity index (χ2v) is 6.48. The molecule has 102 valence electrons. The van der Waals surface area contributed by atoms with Crippen LogP contribution in [0.5, 0.6) is 0 Å². The smallest absolute Gasteiger partial charge is 0.0278 e. The lowest BCUT2D eigenvalue weighted by Crippen LogP contribution is -2.62. The van der Waals surface area contributed by atoms with Gasteiger partial charge in [0.2, 0.25) is 0 Å². The van der Waals surface area contributed by atoms with Crippen LogP contribution in [0.25, 0.3) is 0 Å². The maximum atomic E-state index is 3.70. The van der Waals surface area contributed by atoms with Gasteiger partial charge < -0.3 is 5.32 Å². The van der Waals surface area contributed by atoms with E-state index < -0.39 is 0 Å². The third-order valence-corrected chi connectivity index (χ3v) is 4.07. The number of hydrogen-bond acceptors (Lipinski definition) is 2. The fraction of sp³-hybridized carbons (Fsp3) is 1.00. The van der Waals surface area contributed by atoms with Gasteiger partial charge in [0.15, 0.2) is 0 Å². The fourth-order valence-electron chi connectivity index (χ4n) is 2.91. The Morgan fingerprint density at radius 1 is 1.29 bits per heavy atom. The Balaban J connectivity index is 2.51. The molecule has 1 aliphatic rings. The number of nitrogens with zero attached hydrogens (tertiary/aromatic N) is 1. The molecule has 1 fully saturated rings. The van der Waals surface area contributed by atoms with Gasteiger partial charge in [0, 0.05) is 31.2 Å². The molecule has 0 saturated carbocycles. The van der Waals surface area contributed by atoms with E-state index in [9.17, 15) is 0 Å². The van der Waals surface area contributed by atoms with E-state index in [0.717, 1.165) is 12.5 Å². The molecule has 2 nitrogen and oxygen atoms in total. The molecule has 1 rings (SSSR count). The molecule has 17 heavy (non-hydrogen) atoms. The van der Waals surface area contributed by atoms with Gasteiger partial charge in [-0.3, -0.25) is 4.90 Å². The fourth-order valence-corrected chi connectivity index (χ4v) is 2.91. The molecule has 0 amide bonds. The Labute approximate surface area is 108 Å². The van der Waals surface area contributed by atoms with Crippen LogP contribution in [0.3, 0.4) is 0 Å². The highest BCUT2D eigenvalue weighted by Crippen LogP contribution is 2.22. The van der Waals surface area contributed by atoms with E-state index in [1.54, 1.807) is 0 Å². The normalized spacial score (nSPS) is 27.0. The summed E-state index contributed by atoms with van der Waals surface area (Å²) in [4.78, 5) is 2.71. The van der Waals surface area contributed by atoms with Crippen molar-refractivity contribution in [3.63, 3.8) is 0 Å². The molecular formula is C15H32N2. The molecule has 1 N–H and O–H groups in total. The van der Waals surface area contributed by atoms with E-state index in [-0.39, 0.29) is 0 Å². The van der Waals surface area contributed by atoms with Crippen LogP contribution in [-0.4, -0.2) is 36.1 Å². The van der Waals surface area contributed by atoms with Crippen LogP contribution < -0.4 is 5.32 Å². The Bertz CT molecular complexity index is 211. The quantitative estimate of drug-likeness (QED) is 0.766. The Morgan fingerprint density at radius 3 is 2.59 bits per heavy atom. The van der Waals surface area contributed by atoms with Crippen molar-refractivity contribution in [2.75, 3.05) is 19.6 Å². The predicted molar refractivity (Wildman–Crippen MR) is 76.4 cm³/mol. The first-order chi connectivity index (χ1) is 7.99. The molecule has 2 heteroatoms. The van der Waals surface area contributed by atoms with Crippen molar-refractivity contribution in [2.24, 2.45) is 5.92 Å². The largest absolute Gasteiger partial charge is 0.311 e. The van der Waals surface area contributed by atoms with Crippen LogP contribution >= 0.6 is 0 Å². The average molecular weight is 240 g/mol. The minimum atomic E-state index is 0.326. The van der Waals surface area contributed by atoms with E-state index in [0.29, 0.717) is 11.6 Å². The Morgan fingerprint density at radius 2 is 2.00 bits per heavy atom. The van der Waals surface area contributed by atoms with Gasteiger partial charge >= 0.3 is 0 Å². The number of rotatable bonds is 6. The van der Waals surface area contributed by atoms with Gasteiger partial charge in [-0.15, -0.1) is 0 Å². The molecule has 1 aliphatic heterocycles. The number of hydrogen-bond donors (Lipinski definition) is 1. The van der Waals surface area contributed by atoms with E-state index in [1.165, 1.54) is 38.8 Å². The number of piperazine rings is 1. The summed E-state index contributed by atoms with van der Waals surface area (Å²) in [6.45, 7) is 15.4. The van der Waals surface area contributed by atoms with E-state index >= 15 is 0 Å². The van der Waals surface area contributed by atoms with Gasteiger partial charge in [0.1, 0.15) is 0 Å². The standard InChI is InChI=1S/C15H32N2/c1-6-8-13(3)10-17-11-14(9-7-2)16-12-15(17,4)5/h13-14,16H,6-12H2,1-5H3. The third-order valence-electron chi connectivity index (χ3n) is 4.07. The zero-order chi connectivity index (χ0) is 12.9. The average Bonchev–Trinajstić information content (AvgIpc) is 2.24. The summed E-state index contributed by atoms with van der Waals surface area (Å²) in [5, 5.41) is 3.70. The first-order valence-electron chi connectivity index (χ1n) is 7.48. The molecular weight excluding hydrogens is 208 g/mol. The summed E-state index contributed by atoms with van der Waals surface area (Å²) in [5.74, 6) is 0.833. The van der Waals surface area contributed by atoms with Crippen LogP contribution in [-0.2, 0) is 0 Å². The molecule has 0 spiro atoms. The number of nitrogens with one attached hydrogen (secondary N) is 1. The van der Waals surface area contributed by atoms with Gasteiger partial charge in [-0.25, -0.2) is 0 Å². The van der Waals surface area contributed by atoms with Gasteiger partial charge in [0.25, 0.3) is 0 Å². The van der Waals surface area contributed by atoms with E-state index in [4.69, 9.17) is 0 Å². The highest BCUT2D eigenvalue weighted by atomic mass is 15.3. The predicted octanol–water partition coefficient (Wildman–Crippen LogP) is 3.28. The summed E-state index contributed by atoms with van der Waals surface area (Å²) in [6, 6.07) is 0.710. The Kier molecular flexibility index (Phi) is 5.94. The van der Waals surface area contributed by atoms with Crippen molar-refractivity contribution in [1.82, 2.24) is 10.2 Å². The lowest BCUT2D eigenvalue weighted by Gasteiger charge is -2.47. The zero-order valence-corrected chi connectivity index (χ0v) is 12.6. The third kappa shape index (κ3) is 4.59. The molecule has 0 bridgehead atoms. The second-order valence-electron chi connectivity index (χ2n) is 6.48. The molecule has 1 saturated heterocycles. The summed E-state index contributed by atoms with van der Waals surface area (Å²) in [7, 11) is 0. The topological polar surface area (TPSA) is 15.3 Å². The van der Waals surface area contributed by atoms with Crippen molar-refractivity contribution in [1.29, 1.82) is 0 Å². The Hall–Kier alpha value is -0.0800. The lowest BCUT2D eigenvalue weighted by molar-refractivity contribution is 0.0496. The minimum absolute atomic E-state index is 0.326. The van der Waals surface area contributed by atoms with Crippen LogP contribution in [0.2, 0.25) is 0 Å². The van der Waals surface area contributed by atoms with Crippen molar-refractivity contribution < 1.29 is 0 Å². The second kappa shape index (κ2) is 6.75. The highest BCUT2D eigenvalue weighted by Gasteiger charge is 2.33. The van der Waals surface area contributed by atoms with E-state index in [2.05, 4.69) is 44.8 Å². The van der Waals surface area contributed by atoms with E-state index in [1.807, 2.05) is 0 Å². The van der Waals surface area contributed by atoms with Gasteiger partial charge in [-0.05, 0) is 32.6 Å².